The number of amides is 2. The van der Waals surface area contributed by atoms with Gasteiger partial charge in [0.05, 0.1) is 19.9 Å². The third-order valence-corrected chi connectivity index (χ3v) is 5.69. The van der Waals surface area contributed by atoms with Crippen molar-refractivity contribution in [3.8, 4) is 5.75 Å². The Hall–Kier alpha value is -2.13. The van der Waals surface area contributed by atoms with E-state index >= 15 is 0 Å². The Bertz CT molecular complexity index is 749. The number of sulfonamides is 1. The predicted molar refractivity (Wildman–Crippen MR) is 108 cm³/mol. The van der Waals surface area contributed by atoms with E-state index in [9.17, 15) is 18.0 Å². The van der Waals surface area contributed by atoms with Gasteiger partial charge in [0.1, 0.15) is 11.8 Å². The maximum absolute atomic E-state index is 12.8. The van der Waals surface area contributed by atoms with Crippen LogP contribution in [0.2, 0.25) is 0 Å². The van der Waals surface area contributed by atoms with Crippen LogP contribution in [0.1, 0.15) is 32.3 Å². The predicted octanol–water partition coefficient (Wildman–Crippen LogP) is 1.22. The molecule has 0 saturated heterocycles. The summed E-state index contributed by atoms with van der Waals surface area (Å²) in [4.78, 5) is 26.7. The van der Waals surface area contributed by atoms with Gasteiger partial charge >= 0.3 is 0 Å². The Balaban J connectivity index is 3.00. The van der Waals surface area contributed by atoms with Gasteiger partial charge in [-0.3, -0.25) is 9.59 Å². The summed E-state index contributed by atoms with van der Waals surface area (Å²) in [7, 11) is -0.606. The summed E-state index contributed by atoms with van der Waals surface area (Å²) in [6.07, 6.45) is 2.83. The molecule has 0 aliphatic rings. The lowest BCUT2D eigenvalue weighted by Gasteiger charge is -2.30. The molecule has 0 saturated carbocycles. The number of nitrogens with one attached hydrogen (secondary N) is 1. The van der Waals surface area contributed by atoms with Gasteiger partial charge in [-0.25, -0.2) is 8.42 Å². The Labute approximate surface area is 167 Å². The van der Waals surface area contributed by atoms with Crippen LogP contribution in [0.3, 0.4) is 0 Å². The molecule has 158 valence electrons. The van der Waals surface area contributed by atoms with E-state index in [2.05, 4.69) is 5.32 Å². The van der Waals surface area contributed by atoms with E-state index in [0.717, 1.165) is 29.0 Å². The molecular formula is C19H31N3O5S. The Morgan fingerprint density at radius 1 is 1.21 bits per heavy atom. The van der Waals surface area contributed by atoms with E-state index in [1.54, 1.807) is 38.3 Å². The molecule has 9 heteroatoms. The monoisotopic (exact) mass is 413 g/mol. The second-order valence-corrected chi connectivity index (χ2v) is 8.80. The highest BCUT2D eigenvalue weighted by atomic mass is 32.2. The maximum Gasteiger partial charge on any atom is 0.242 e. The van der Waals surface area contributed by atoms with Gasteiger partial charge < -0.3 is 15.0 Å². The van der Waals surface area contributed by atoms with Crippen molar-refractivity contribution in [2.75, 3.05) is 33.5 Å². The van der Waals surface area contributed by atoms with Crippen molar-refractivity contribution in [2.24, 2.45) is 0 Å². The lowest BCUT2D eigenvalue weighted by Crippen LogP contribution is -2.50. The normalized spacial score (nSPS) is 12.5. The molecule has 1 aromatic carbocycles. The molecule has 8 nitrogen and oxygen atoms in total. The molecule has 0 fully saturated rings. The molecule has 2 amide bonds. The van der Waals surface area contributed by atoms with Gasteiger partial charge in [-0.1, -0.05) is 25.5 Å². The molecule has 1 unspecified atom stereocenters. The van der Waals surface area contributed by atoms with E-state index < -0.39 is 22.0 Å². The van der Waals surface area contributed by atoms with Crippen LogP contribution >= 0.6 is 0 Å². The largest absolute Gasteiger partial charge is 0.497 e. The average Bonchev–Trinajstić information content (AvgIpc) is 2.65. The van der Waals surface area contributed by atoms with Crippen LogP contribution < -0.4 is 10.1 Å². The fraction of sp³-hybridized carbons (Fsp3) is 0.579. The molecule has 28 heavy (non-hydrogen) atoms. The van der Waals surface area contributed by atoms with Crippen LogP contribution in [0.4, 0.5) is 0 Å². The topological polar surface area (TPSA) is 96.0 Å². The van der Waals surface area contributed by atoms with Crippen molar-refractivity contribution in [1.29, 1.82) is 0 Å². The van der Waals surface area contributed by atoms with E-state index in [0.29, 0.717) is 12.3 Å². The minimum atomic E-state index is -3.51. The van der Waals surface area contributed by atoms with Crippen molar-refractivity contribution in [3.63, 3.8) is 0 Å². The first-order valence-corrected chi connectivity index (χ1v) is 11.1. The van der Waals surface area contributed by atoms with Crippen molar-refractivity contribution >= 4 is 21.8 Å². The Morgan fingerprint density at radius 2 is 1.82 bits per heavy atom. The second kappa shape index (κ2) is 11.0. The minimum Gasteiger partial charge on any atom is -0.497 e. The number of ether oxygens (including phenoxy) is 1. The third kappa shape index (κ3) is 7.47. The molecule has 0 heterocycles. The third-order valence-electron chi connectivity index (χ3n) is 4.43. The highest BCUT2D eigenvalue weighted by Crippen LogP contribution is 2.15. The second-order valence-electron chi connectivity index (χ2n) is 6.71. The molecule has 1 aromatic rings. The fourth-order valence-corrected chi connectivity index (χ4v) is 2.79. The zero-order valence-corrected chi connectivity index (χ0v) is 18.1. The first-order chi connectivity index (χ1) is 13.1. The SMILES string of the molecule is CCCCNC(=O)C(C)N(Cc1ccc(OC)cc1)C(=O)CN(C)S(C)(=O)=O. The van der Waals surface area contributed by atoms with Gasteiger partial charge in [0.15, 0.2) is 0 Å². The highest BCUT2D eigenvalue weighted by molar-refractivity contribution is 7.88. The standard InChI is InChI=1S/C19H31N3O5S/c1-6-7-12-20-19(24)15(2)22(18(23)14-21(3)28(5,25)26)13-16-8-10-17(27-4)11-9-16/h8-11,15H,6-7,12-14H2,1-5H3,(H,20,24). The number of likely N-dealkylation sites (N-methyl/N-ethyl adjacent to an activating group) is 1. The van der Waals surface area contributed by atoms with Gasteiger partial charge in [-0.2, -0.15) is 4.31 Å². The van der Waals surface area contributed by atoms with Gasteiger partial charge in [0, 0.05) is 20.1 Å². The van der Waals surface area contributed by atoms with Crippen molar-refractivity contribution < 1.29 is 22.7 Å². The smallest absolute Gasteiger partial charge is 0.242 e. The number of methoxy groups -OCH3 is 1. The number of benzene rings is 1. The van der Waals surface area contributed by atoms with Crippen LogP contribution in [-0.4, -0.2) is 69.0 Å². The fourth-order valence-electron chi connectivity index (χ4n) is 2.44. The molecule has 0 bridgehead atoms. The Morgan fingerprint density at radius 3 is 2.32 bits per heavy atom. The number of carbonyl (C=O) groups excluding carboxylic acids is 2. The number of unbranched alkanes of at least 4 members (excludes halogenated alkanes) is 1. The molecule has 0 aliphatic carbocycles. The number of rotatable bonds is 11. The molecule has 0 spiro atoms. The van der Waals surface area contributed by atoms with Gasteiger partial charge in [-0.05, 0) is 31.0 Å². The van der Waals surface area contributed by atoms with Gasteiger partial charge in [-0.15, -0.1) is 0 Å². The van der Waals surface area contributed by atoms with Crippen LogP contribution in [0, 0.1) is 0 Å². The lowest BCUT2D eigenvalue weighted by molar-refractivity contribution is -0.140. The summed E-state index contributed by atoms with van der Waals surface area (Å²) in [5.41, 5.74) is 0.810. The van der Waals surface area contributed by atoms with Crippen LogP contribution in [0.25, 0.3) is 0 Å². The van der Waals surface area contributed by atoms with E-state index in [4.69, 9.17) is 4.74 Å². The van der Waals surface area contributed by atoms with Gasteiger partial charge in [0.2, 0.25) is 21.8 Å². The molecule has 1 atom stereocenters. The van der Waals surface area contributed by atoms with Gasteiger partial charge in [0.25, 0.3) is 0 Å². The first-order valence-electron chi connectivity index (χ1n) is 9.21. The number of hydrogen-bond acceptors (Lipinski definition) is 5. The molecule has 0 radical (unpaired) electrons. The molecule has 0 aliphatic heterocycles. The van der Waals surface area contributed by atoms with Crippen molar-refractivity contribution in [3.05, 3.63) is 29.8 Å². The molecule has 0 aromatic heterocycles. The average molecular weight is 414 g/mol. The first kappa shape index (κ1) is 23.9. The molecular weight excluding hydrogens is 382 g/mol. The summed E-state index contributed by atoms with van der Waals surface area (Å²) < 4.78 is 29.4. The Kier molecular flexibility index (Phi) is 9.40. The number of nitrogens with zero attached hydrogens (tertiary/aromatic N) is 2. The zero-order chi connectivity index (χ0) is 21.3. The quantitative estimate of drug-likeness (QED) is 0.550. The summed E-state index contributed by atoms with van der Waals surface area (Å²) >= 11 is 0. The van der Waals surface area contributed by atoms with E-state index in [-0.39, 0.29) is 19.0 Å². The van der Waals surface area contributed by atoms with Crippen molar-refractivity contribution in [2.45, 2.75) is 39.3 Å². The van der Waals surface area contributed by atoms with Crippen LogP contribution in [0.15, 0.2) is 24.3 Å². The number of hydrogen-bond donors (Lipinski definition) is 1. The highest BCUT2D eigenvalue weighted by Gasteiger charge is 2.28. The van der Waals surface area contributed by atoms with Crippen LogP contribution in [0.5, 0.6) is 5.75 Å². The van der Waals surface area contributed by atoms with Crippen LogP contribution in [-0.2, 0) is 26.2 Å². The summed E-state index contributed by atoms with van der Waals surface area (Å²) in [6.45, 7) is 4.05. The maximum atomic E-state index is 12.8. The summed E-state index contributed by atoms with van der Waals surface area (Å²) in [5, 5.41) is 2.82. The summed E-state index contributed by atoms with van der Waals surface area (Å²) in [5.74, 6) is -0.0250. The number of carbonyl (C=O) groups is 2. The van der Waals surface area contributed by atoms with E-state index in [1.165, 1.54) is 11.9 Å². The minimum absolute atomic E-state index is 0.183. The lowest BCUT2D eigenvalue weighted by atomic mass is 10.1. The van der Waals surface area contributed by atoms with E-state index in [1.807, 2.05) is 6.92 Å². The summed E-state index contributed by atoms with van der Waals surface area (Å²) in [6, 6.07) is 6.42. The molecule has 1 rings (SSSR count). The molecule has 1 N–H and O–H groups in total. The van der Waals surface area contributed by atoms with Crippen molar-refractivity contribution in [1.82, 2.24) is 14.5 Å². The zero-order valence-electron chi connectivity index (χ0n) is 17.3.